The molecule has 13 heteroatoms. The van der Waals surface area contributed by atoms with E-state index >= 15 is 4.39 Å². The van der Waals surface area contributed by atoms with Crippen LogP contribution in [0.15, 0.2) is 59.8 Å². The number of ketones is 1. The summed E-state index contributed by atoms with van der Waals surface area (Å²) in [6.07, 6.45) is 2.78. The third-order valence-electron chi connectivity index (χ3n) is 5.82. The van der Waals surface area contributed by atoms with Gasteiger partial charge in [0, 0.05) is 36.0 Å². The van der Waals surface area contributed by atoms with Gasteiger partial charge in [0.15, 0.2) is 5.82 Å². The number of carbonyl (C=O) groups excluding carboxylic acids is 1. The maximum absolute atomic E-state index is 15.4. The van der Waals surface area contributed by atoms with Crippen LogP contribution in [-0.4, -0.2) is 33.9 Å². The summed E-state index contributed by atoms with van der Waals surface area (Å²) in [5, 5.41) is 4.53. The minimum absolute atomic E-state index is 0.123. The van der Waals surface area contributed by atoms with Crippen LogP contribution in [0.4, 0.5) is 23.2 Å². The molecule has 8 nitrogen and oxygen atoms in total. The Labute approximate surface area is 213 Å². The van der Waals surface area contributed by atoms with Crippen LogP contribution >= 0.6 is 0 Å². The lowest BCUT2D eigenvalue weighted by Crippen LogP contribution is -2.17. The number of aromatic nitrogens is 4. The van der Waals surface area contributed by atoms with E-state index in [0.717, 1.165) is 11.8 Å². The Bertz CT molecular complexity index is 1860. The van der Waals surface area contributed by atoms with Crippen molar-refractivity contribution < 1.29 is 30.8 Å². The second kappa shape index (κ2) is 9.10. The molecular weight excluding hydrogens is 526 g/mol. The standard InChI is InChI=1S/C25H17F4N5O3S/c1-12-7-20(34(2)32-12)13-8-15-16(11-31-25(15)30-10-13)24(35)22-18(28)5-6-19(23(22)29)33-38(36,37)21-9-14(26)3-4-17(21)27/h3-11,33H,1-2H3,(H,30,31). The van der Waals surface area contributed by atoms with Gasteiger partial charge in [-0.3, -0.25) is 14.2 Å². The number of pyridine rings is 1. The molecule has 194 valence electrons. The first kappa shape index (κ1) is 25.1. The number of anilines is 1. The maximum atomic E-state index is 15.4. The summed E-state index contributed by atoms with van der Waals surface area (Å²) in [6, 6.07) is 6.53. The molecule has 5 aromatic rings. The topological polar surface area (TPSA) is 110 Å². The number of hydrogen-bond acceptors (Lipinski definition) is 5. The fraction of sp³-hybridized carbons (Fsp3) is 0.0800. The number of H-pyrrole nitrogens is 1. The number of aromatic amines is 1. The number of halogens is 4. The molecule has 0 saturated carbocycles. The Morgan fingerprint density at radius 3 is 2.47 bits per heavy atom. The van der Waals surface area contributed by atoms with Crippen molar-refractivity contribution >= 4 is 32.5 Å². The molecule has 3 aromatic heterocycles. The molecule has 0 bridgehead atoms. The van der Waals surface area contributed by atoms with Crippen LogP contribution in [0.2, 0.25) is 0 Å². The Kier molecular flexibility index (Phi) is 6.02. The van der Waals surface area contributed by atoms with Crippen LogP contribution < -0.4 is 4.72 Å². The van der Waals surface area contributed by atoms with Crippen LogP contribution in [0.1, 0.15) is 21.6 Å². The molecule has 0 spiro atoms. The number of sulfonamides is 1. The summed E-state index contributed by atoms with van der Waals surface area (Å²) < 4.78 is 86.3. The minimum Gasteiger partial charge on any atom is -0.345 e. The molecule has 0 atom stereocenters. The van der Waals surface area contributed by atoms with Gasteiger partial charge in [0.2, 0.25) is 5.78 Å². The highest BCUT2D eigenvalue weighted by molar-refractivity contribution is 7.92. The summed E-state index contributed by atoms with van der Waals surface area (Å²) in [7, 11) is -3.11. The van der Waals surface area contributed by atoms with Crippen molar-refractivity contribution in [3.8, 4) is 11.3 Å². The van der Waals surface area contributed by atoms with Crippen LogP contribution in [0, 0.1) is 30.2 Å². The van der Waals surface area contributed by atoms with Gasteiger partial charge in [0.1, 0.15) is 28.0 Å². The fourth-order valence-electron chi connectivity index (χ4n) is 4.07. The van der Waals surface area contributed by atoms with Gasteiger partial charge in [0.25, 0.3) is 10.0 Å². The first-order valence-corrected chi connectivity index (χ1v) is 12.4. The van der Waals surface area contributed by atoms with Gasteiger partial charge < -0.3 is 4.98 Å². The number of hydrogen-bond donors (Lipinski definition) is 2. The summed E-state index contributed by atoms with van der Waals surface area (Å²) in [4.78, 5) is 19.3. The van der Waals surface area contributed by atoms with Crippen molar-refractivity contribution in [3.63, 3.8) is 0 Å². The second-order valence-corrected chi connectivity index (χ2v) is 10.1. The fourth-order valence-corrected chi connectivity index (χ4v) is 5.22. The number of aryl methyl sites for hydroxylation is 2. The van der Waals surface area contributed by atoms with E-state index in [4.69, 9.17) is 0 Å². The zero-order valence-corrected chi connectivity index (χ0v) is 20.5. The van der Waals surface area contributed by atoms with Crippen LogP contribution in [0.5, 0.6) is 0 Å². The van der Waals surface area contributed by atoms with E-state index in [-0.39, 0.29) is 16.6 Å². The number of nitrogens with zero attached hydrogens (tertiary/aromatic N) is 3. The van der Waals surface area contributed by atoms with Crippen molar-refractivity contribution in [2.45, 2.75) is 11.8 Å². The van der Waals surface area contributed by atoms with Crippen molar-refractivity contribution in [3.05, 3.63) is 94.9 Å². The number of rotatable bonds is 6. The van der Waals surface area contributed by atoms with Crippen LogP contribution in [0.3, 0.4) is 0 Å². The van der Waals surface area contributed by atoms with Crippen LogP contribution in [-0.2, 0) is 17.1 Å². The highest BCUT2D eigenvalue weighted by Gasteiger charge is 2.28. The largest absolute Gasteiger partial charge is 0.345 e. The third-order valence-corrected chi connectivity index (χ3v) is 7.20. The molecule has 5 rings (SSSR count). The van der Waals surface area contributed by atoms with Gasteiger partial charge in [-0.25, -0.2) is 31.0 Å². The molecule has 0 amide bonds. The van der Waals surface area contributed by atoms with Crippen LogP contribution in [0.25, 0.3) is 22.3 Å². The Hall–Kier alpha value is -4.52. The number of carbonyl (C=O) groups is 1. The summed E-state index contributed by atoms with van der Waals surface area (Å²) in [5.41, 5.74) is 0.297. The van der Waals surface area contributed by atoms with Gasteiger partial charge in [-0.1, -0.05) is 0 Å². The van der Waals surface area contributed by atoms with Gasteiger partial charge >= 0.3 is 0 Å². The number of benzene rings is 2. The van der Waals surface area contributed by atoms with Gasteiger partial charge in [0.05, 0.1) is 22.6 Å². The zero-order chi connectivity index (χ0) is 27.4. The molecule has 0 unspecified atom stereocenters. The Morgan fingerprint density at radius 2 is 1.76 bits per heavy atom. The lowest BCUT2D eigenvalue weighted by atomic mass is 10.0. The van der Waals surface area contributed by atoms with E-state index in [0.29, 0.717) is 35.5 Å². The average Bonchev–Trinajstić information content (AvgIpc) is 3.44. The van der Waals surface area contributed by atoms with Gasteiger partial charge in [-0.05, 0) is 49.4 Å². The predicted molar refractivity (Wildman–Crippen MR) is 130 cm³/mol. The van der Waals surface area contributed by atoms with E-state index in [1.807, 2.05) is 0 Å². The molecule has 0 fully saturated rings. The van der Waals surface area contributed by atoms with Gasteiger partial charge in [-0.2, -0.15) is 5.10 Å². The highest BCUT2D eigenvalue weighted by atomic mass is 32.2. The normalized spacial score (nSPS) is 11.7. The third kappa shape index (κ3) is 4.30. The molecule has 0 aliphatic rings. The van der Waals surface area contributed by atoms with E-state index < -0.39 is 55.2 Å². The molecule has 2 aromatic carbocycles. The minimum atomic E-state index is -4.83. The molecule has 3 heterocycles. The lowest BCUT2D eigenvalue weighted by Gasteiger charge is -2.12. The summed E-state index contributed by atoms with van der Waals surface area (Å²) in [5.74, 6) is -6.21. The van der Waals surface area contributed by atoms with E-state index in [2.05, 4.69) is 15.1 Å². The quantitative estimate of drug-likeness (QED) is 0.235. The first-order valence-electron chi connectivity index (χ1n) is 10.9. The molecule has 0 aliphatic heterocycles. The van der Waals surface area contributed by atoms with Crippen molar-refractivity contribution in [1.82, 2.24) is 19.7 Å². The Morgan fingerprint density at radius 1 is 1.03 bits per heavy atom. The predicted octanol–water partition coefficient (Wildman–Crippen LogP) is 4.86. The second-order valence-electron chi connectivity index (χ2n) is 8.41. The van der Waals surface area contributed by atoms with Crippen molar-refractivity contribution in [2.75, 3.05) is 4.72 Å². The van der Waals surface area contributed by atoms with Crippen molar-refractivity contribution in [2.24, 2.45) is 7.05 Å². The molecule has 0 radical (unpaired) electrons. The smallest absolute Gasteiger partial charge is 0.265 e. The number of fused-ring (bicyclic) bond motifs is 1. The van der Waals surface area contributed by atoms with E-state index in [9.17, 15) is 26.4 Å². The molecule has 0 saturated heterocycles. The zero-order valence-electron chi connectivity index (χ0n) is 19.7. The average molecular weight is 544 g/mol. The molecule has 0 aliphatic carbocycles. The molecule has 2 N–H and O–H groups in total. The number of nitrogens with one attached hydrogen (secondary N) is 2. The van der Waals surface area contributed by atoms with E-state index in [1.54, 1.807) is 41.7 Å². The molecule has 38 heavy (non-hydrogen) atoms. The SMILES string of the molecule is Cc1cc(-c2cnc3[nH]cc(C(=O)c4c(F)ccc(NS(=O)(=O)c5cc(F)ccc5F)c4F)c3c2)n(C)n1. The maximum Gasteiger partial charge on any atom is 0.265 e. The first-order chi connectivity index (χ1) is 18.0. The highest BCUT2D eigenvalue weighted by Crippen LogP contribution is 2.30. The molecular formula is C25H17F4N5O3S. The van der Waals surface area contributed by atoms with Gasteiger partial charge in [-0.15, -0.1) is 0 Å². The van der Waals surface area contributed by atoms with E-state index in [1.165, 1.54) is 6.20 Å². The Balaban J connectivity index is 1.57. The summed E-state index contributed by atoms with van der Waals surface area (Å²) in [6.45, 7) is 1.80. The lowest BCUT2D eigenvalue weighted by molar-refractivity contribution is 0.103. The monoisotopic (exact) mass is 543 g/mol. The summed E-state index contributed by atoms with van der Waals surface area (Å²) >= 11 is 0. The van der Waals surface area contributed by atoms with Crippen molar-refractivity contribution in [1.29, 1.82) is 0 Å².